The Hall–Kier alpha value is -0.820. The average Bonchev–Trinajstić information content (AvgIpc) is 2.86. The third-order valence-corrected chi connectivity index (χ3v) is 6.55. The number of likely N-dealkylation sites (tertiary alicyclic amines) is 1. The lowest BCUT2D eigenvalue weighted by atomic mass is 9.64. The molecule has 0 aromatic heterocycles. The maximum absolute atomic E-state index is 12.3. The fourth-order valence-corrected chi connectivity index (χ4v) is 4.18. The summed E-state index contributed by atoms with van der Waals surface area (Å²) in [5.41, 5.74) is -0.101. The largest absolute Gasteiger partial charge is 0.375 e. The minimum Gasteiger partial charge on any atom is -0.375 e. The molecule has 1 saturated carbocycles. The molecule has 0 aromatic carbocycles. The standard InChI is InChI=1S/C15H28N2O4S/c1-10(2)21-13-8-12(15(13,3)4)16-14(18)17-7-6-11(9-17)22(5,19)20/h10-13H,6-9H2,1-5H3,(H,16,18). The smallest absolute Gasteiger partial charge is 0.317 e. The Labute approximate surface area is 133 Å². The number of rotatable bonds is 4. The minimum absolute atomic E-state index is 0.0704. The molecule has 1 heterocycles. The predicted octanol–water partition coefficient (Wildman–Crippen LogP) is 1.41. The van der Waals surface area contributed by atoms with Crippen LogP contribution in [0.5, 0.6) is 0 Å². The van der Waals surface area contributed by atoms with Crippen molar-refractivity contribution >= 4 is 15.9 Å². The number of nitrogens with zero attached hydrogens (tertiary/aromatic N) is 1. The summed E-state index contributed by atoms with van der Waals surface area (Å²) in [4.78, 5) is 13.9. The molecule has 6 nitrogen and oxygen atoms in total. The van der Waals surface area contributed by atoms with E-state index in [-0.39, 0.29) is 29.7 Å². The van der Waals surface area contributed by atoms with Gasteiger partial charge in [0.1, 0.15) is 0 Å². The van der Waals surface area contributed by atoms with Gasteiger partial charge in [-0.1, -0.05) is 13.8 Å². The molecule has 3 unspecified atom stereocenters. The number of nitrogens with one attached hydrogen (secondary N) is 1. The second-order valence-corrected chi connectivity index (χ2v) is 9.74. The van der Waals surface area contributed by atoms with Crippen LogP contribution < -0.4 is 5.32 Å². The van der Waals surface area contributed by atoms with Gasteiger partial charge in [0.15, 0.2) is 9.84 Å². The van der Waals surface area contributed by atoms with E-state index in [1.807, 2.05) is 13.8 Å². The van der Waals surface area contributed by atoms with Crippen molar-refractivity contribution in [3.63, 3.8) is 0 Å². The lowest BCUT2D eigenvalue weighted by molar-refractivity contribution is -0.136. The molecule has 2 amide bonds. The Balaban J connectivity index is 1.87. The summed E-state index contributed by atoms with van der Waals surface area (Å²) in [6, 6.07) is -0.0896. The molecule has 1 saturated heterocycles. The van der Waals surface area contributed by atoms with Crippen molar-refractivity contribution < 1.29 is 17.9 Å². The van der Waals surface area contributed by atoms with Gasteiger partial charge in [0.2, 0.25) is 0 Å². The van der Waals surface area contributed by atoms with Crippen LogP contribution in [-0.4, -0.2) is 62.2 Å². The van der Waals surface area contributed by atoms with Crippen LogP contribution >= 0.6 is 0 Å². The average molecular weight is 332 g/mol. The van der Waals surface area contributed by atoms with Crippen molar-refractivity contribution in [3.8, 4) is 0 Å². The van der Waals surface area contributed by atoms with Gasteiger partial charge >= 0.3 is 6.03 Å². The molecule has 2 fully saturated rings. The summed E-state index contributed by atoms with van der Waals surface area (Å²) < 4.78 is 29.0. The molecule has 2 rings (SSSR count). The van der Waals surface area contributed by atoms with Gasteiger partial charge in [-0.15, -0.1) is 0 Å². The van der Waals surface area contributed by atoms with Crippen LogP contribution in [-0.2, 0) is 14.6 Å². The fourth-order valence-electron chi connectivity index (χ4n) is 3.19. The Morgan fingerprint density at radius 2 is 2.00 bits per heavy atom. The summed E-state index contributed by atoms with van der Waals surface area (Å²) in [6.45, 7) is 9.01. The Morgan fingerprint density at radius 1 is 1.36 bits per heavy atom. The molecule has 7 heteroatoms. The number of sulfone groups is 1. The van der Waals surface area contributed by atoms with Crippen molar-refractivity contribution in [1.82, 2.24) is 10.2 Å². The van der Waals surface area contributed by atoms with Gasteiger partial charge in [-0.05, 0) is 26.7 Å². The summed E-state index contributed by atoms with van der Waals surface area (Å²) in [6.07, 6.45) is 2.90. The van der Waals surface area contributed by atoms with E-state index >= 15 is 0 Å². The van der Waals surface area contributed by atoms with E-state index in [2.05, 4.69) is 19.2 Å². The first kappa shape index (κ1) is 17.5. The van der Waals surface area contributed by atoms with E-state index < -0.39 is 15.1 Å². The highest BCUT2D eigenvalue weighted by molar-refractivity contribution is 7.91. The molecular formula is C15H28N2O4S. The second-order valence-electron chi connectivity index (χ2n) is 7.42. The molecule has 0 aromatic rings. The minimum atomic E-state index is -3.08. The van der Waals surface area contributed by atoms with Crippen molar-refractivity contribution in [2.45, 2.75) is 64.0 Å². The van der Waals surface area contributed by atoms with Gasteiger partial charge in [0.05, 0.1) is 17.5 Å². The first-order valence-electron chi connectivity index (χ1n) is 7.91. The zero-order chi connectivity index (χ0) is 16.7. The number of carbonyl (C=O) groups excluding carboxylic acids is 1. The molecule has 1 aliphatic heterocycles. The molecule has 2 aliphatic rings. The zero-order valence-corrected chi connectivity index (χ0v) is 14.9. The van der Waals surface area contributed by atoms with Gasteiger partial charge in [0.25, 0.3) is 0 Å². The summed E-state index contributed by atoms with van der Waals surface area (Å²) in [5.74, 6) is 0. The molecule has 0 bridgehead atoms. The van der Waals surface area contributed by atoms with Crippen LogP contribution in [0.4, 0.5) is 4.79 Å². The van der Waals surface area contributed by atoms with E-state index in [0.29, 0.717) is 19.5 Å². The van der Waals surface area contributed by atoms with E-state index in [1.165, 1.54) is 6.26 Å². The van der Waals surface area contributed by atoms with Crippen LogP contribution in [0.25, 0.3) is 0 Å². The number of ether oxygens (including phenoxy) is 1. The monoisotopic (exact) mass is 332 g/mol. The third kappa shape index (κ3) is 3.56. The molecule has 1 aliphatic carbocycles. The van der Waals surface area contributed by atoms with Crippen LogP contribution in [0.2, 0.25) is 0 Å². The topological polar surface area (TPSA) is 75.7 Å². The van der Waals surface area contributed by atoms with E-state index in [4.69, 9.17) is 4.74 Å². The van der Waals surface area contributed by atoms with Crippen molar-refractivity contribution in [3.05, 3.63) is 0 Å². The van der Waals surface area contributed by atoms with Crippen molar-refractivity contribution in [2.24, 2.45) is 5.41 Å². The van der Waals surface area contributed by atoms with Gasteiger partial charge in [-0.3, -0.25) is 0 Å². The number of amides is 2. The number of hydrogen-bond acceptors (Lipinski definition) is 4. The normalized spacial score (nSPS) is 31.2. The number of carbonyl (C=O) groups is 1. The number of hydrogen-bond donors (Lipinski definition) is 1. The quantitative estimate of drug-likeness (QED) is 0.844. The highest BCUT2D eigenvalue weighted by Gasteiger charge is 2.50. The highest BCUT2D eigenvalue weighted by atomic mass is 32.2. The van der Waals surface area contributed by atoms with Gasteiger partial charge in [-0.2, -0.15) is 0 Å². The fraction of sp³-hybridized carbons (Fsp3) is 0.933. The highest BCUT2D eigenvalue weighted by Crippen LogP contribution is 2.43. The van der Waals surface area contributed by atoms with Gasteiger partial charge in [-0.25, -0.2) is 13.2 Å². The summed E-state index contributed by atoms with van der Waals surface area (Å²) >= 11 is 0. The van der Waals surface area contributed by atoms with Crippen LogP contribution in [0.3, 0.4) is 0 Å². The van der Waals surface area contributed by atoms with Gasteiger partial charge in [0, 0.05) is 30.8 Å². The third-order valence-electron chi connectivity index (χ3n) is 4.95. The van der Waals surface area contributed by atoms with E-state index in [1.54, 1.807) is 4.90 Å². The first-order chi connectivity index (χ1) is 10.0. The molecule has 0 spiro atoms. The van der Waals surface area contributed by atoms with Crippen molar-refractivity contribution in [1.29, 1.82) is 0 Å². The lowest BCUT2D eigenvalue weighted by Crippen LogP contribution is -2.63. The first-order valence-corrected chi connectivity index (χ1v) is 9.87. The maximum Gasteiger partial charge on any atom is 0.317 e. The summed E-state index contributed by atoms with van der Waals surface area (Å²) in [5, 5.41) is 2.61. The molecular weight excluding hydrogens is 304 g/mol. The van der Waals surface area contributed by atoms with Crippen LogP contribution in [0.1, 0.15) is 40.5 Å². The molecule has 0 radical (unpaired) electrons. The van der Waals surface area contributed by atoms with Gasteiger partial charge < -0.3 is 15.0 Å². The molecule has 128 valence electrons. The van der Waals surface area contributed by atoms with Crippen molar-refractivity contribution in [2.75, 3.05) is 19.3 Å². The SMILES string of the molecule is CC(C)OC1CC(NC(=O)N2CCC(S(C)(=O)=O)C2)C1(C)C. The summed E-state index contributed by atoms with van der Waals surface area (Å²) in [7, 11) is -3.08. The molecule has 3 atom stereocenters. The maximum atomic E-state index is 12.3. The van der Waals surface area contributed by atoms with E-state index in [9.17, 15) is 13.2 Å². The number of urea groups is 1. The predicted molar refractivity (Wildman–Crippen MR) is 85.5 cm³/mol. The zero-order valence-electron chi connectivity index (χ0n) is 14.1. The van der Waals surface area contributed by atoms with Crippen LogP contribution in [0.15, 0.2) is 0 Å². The molecule has 1 N–H and O–H groups in total. The van der Waals surface area contributed by atoms with Crippen LogP contribution in [0, 0.1) is 5.41 Å². The Bertz CT molecular complexity index is 530. The molecule has 22 heavy (non-hydrogen) atoms. The Morgan fingerprint density at radius 3 is 2.45 bits per heavy atom. The van der Waals surface area contributed by atoms with E-state index in [0.717, 1.165) is 6.42 Å². The lowest BCUT2D eigenvalue weighted by Gasteiger charge is -2.52. The Kier molecular flexibility index (Phi) is 4.78. The second kappa shape index (κ2) is 6.00.